The fraction of sp³-hybridized carbons (Fsp3) is 0.571. The van der Waals surface area contributed by atoms with Crippen LogP contribution >= 0.6 is 12.2 Å². The topological polar surface area (TPSA) is 56.7 Å². The molecule has 0 bridgehead atoms. The second kappa shape index (κ2) is 2.82. The third-order valence-corrected chi connectivity index (χ3v) is 2.30. The first-order valence-electron chi connectivity index (χ1n) is 4.02. The Bertz CT molecular complexity index is 317. The van der Waals surface area contributed by atoms with Gasteiger partial charge in [0, 0.05) is 0 Å². The maximum absolute atomic E-state index is 5.47. The summed E-state index contributed by atoms with van der Waals surface area (Å²) >= 11 is 4.84. The van der Waals surface area contributed by atoms with Gasteiger partial charge in [-0.05, 0) is 37.9 Å². The van der Waals surface area contributed by atoms with E-state index in [1.165, 1.54) is 12.8 Å². The molecule has 1 aromatic heterocycles. The lowest BCUT2D eigenvalue weighted by Crippen LogP contribution is -2.23. The van der Waals surface area contributed by atoms with E-state index >= 15 is 0 Å². The Balaban J connectivity index is 2.44. The Morgan fingerprint density at radius 2 is 2.17 bits per heavy atom. The van der Waals surface area contributed by atoms with Crippen LogP contribution in [0.3, 0.4) is 0 Å². The van der Waals surface area contributed by atoms with E-state index < -0.39 is 0 Å². The number of nitrogens with zero attached hydrogens (tertiary/aromatic N) is 3. The van der Waals surface area contributed by atoms with Crippen LogP contribution in [0.4, 0.5) is 0 Å². The molecule has 0 fully saturated rings. The summed E-state index contributed by atoms with van der Waals surface area (Å²) in [5.41, 5.74) is 7.64. The molecule has 0 amide bonds. The number of aromatic nitrogens is 3. The van der Waals surface area contributed by atoms with Gasteiger partial charge in [-0.1, -0.05) is 5.21 Å². The smallest absolute Gasteiger partial charge is 0.193 e. The minimum atomic E-state index is 0.297. The van der Waals surface area contributed by atoms with Crippen molar-refractivity contribution in [3.05, 3.63) is 11.4 Å². The van der Waals surface area contributed by atoms with Gasteiger partial charge in [0.15, 0.2) is 5.11 Å². The molecule has 0 aromatic carbocycles. The minimum Gasteiger partial charge on any atom is -0.374 e. The summed E-state index contributed by atoms with van der Waals surface area (Å²) in [6, 6.07) is 0. The molecule has 0 unspecified atom stereocenters. The van der Waals surface area contributed by atoms with E-state index in [9.17, 15) is 0 Å². The third kappa shape index (κ3) is 1.10. The van der Waals surface area contributed by atoms with Gasteiger partial charge in [-0.3, -0.25) is 0 Å². The van der Waals surface area contributed by atoms with E-state index in [4.69, 9.17) is 18.0 Å². The lowest BCUT2D eigenvalue weighted by Gasteiger charge is -2.10. The summed E-state index contributed by atoms with van der Waals surface area (Å²) in [5, 5.41) is 8.22. The minimum absolute atomic E-state index is 0.297. The van der Waals surface area contributed by atoms with Crippen molar-refractivity contribution >= 4 is 17.3 Å². The van der Waals surface area contributed by atoms with Crippen molar-refractivity contribution in [3.63, 3.8) is 0 Å². The zero-order chi connectivity index (χ0) is 8.55. The average molecular weight is 182 g/mol. The number of nitrogens with two attached hydrogens (primary N) is 1. The summed E-state index contributed by atoms with van der Waals surface area (Å²) in [7, 11) is 0. The van der Waals surface area contributed by atoms with E-state index in [-0.39, 0.29) is 0 Å². The van der Waals surface area contributed by atoms with E-state index in [0.29, 0.717) is 5.11 Å². The first-order valence-corrected chi connectivity index (χ1v) is 4.43. The monoisotopic (exact) mass is 182 g/mol. The average Bonchev–Trinajstić information content (AvgIpc) is 2.47. The van der Waals surface area contributed by atoms with Gasteiger partial charge >= 0.3 is 0 Å². The fourth-order valence-electron chi connectivity index (χ4n) is 1.54. The molecule has 1 aliphatic rings. The molecule has 0 aliphatic heterocycles. The first kappa shape index (κ1) is 7.67. The predicted molar refractivity (Wildman–Crippen MR) is 48.8 cm³/mol. The summed E-state index contributed by atoms with van der Waals surface area (Å²) in [4.78, 5) is 0. The van der Waals surface area contributed by atoms with Crippen LogP contribution in [0, 0.1) is 0 Å². The Kier molecular flexibility index (Phi) is 1.80. The highest BCUT2D eigenvalue weighted by molar-refractivity contribution is 7.80. The zero-order valence-electron chi connectivity index (χ0n) is 6.66. The Morgan fingerprint density at radius 3 is 2.92 bits per heavy atom. The van der Waals surface area contributed by atoms with Crippen molar-refractivity contribution in [1.82, 2.24) is 15.0 Å². The number of aryl methyl sites for hydroxylation is 1. The van der Waals surface area contributed by atoms with Gasteiger partial charge in [-0.2, -0.15) is 4.68 Å². The second-order valence-electron chi connectivity index (χ2n) is 2.94. The molecule has 0 saturated heterocycles. The second-order valence-corrected chi connectivity index (χ2v) is 3.36. The number of rotatable bonds is 0. The fourth-order valence-corrected chi connectivity index (χ4v) is 1.69. The van der Waals surface area contributed by atoms with E-state index in [1.807, 2.05) is 0 Å². The summed E-state index contributed by atoms with van der Waals surface area (Å²) in [6.07, 6.45) is 4.39. The van der Waals surface area contributed by atoms with Gasteiger partial charge in [-0.15, -0.1) is 5.10 Å². The molecule has 12 heavy (non-hydrogen) atoms. The van der Waals surface area contributed by atoms with Gasteiger partial charge < -0.3 is 5.73 Å². The lowest BCUT2D eigenvalue weighted by atomic mass is 10.0. The first-order chi connectivity index (χ1) is 5.79. The summed E-state index contributed by atoms with van der Waals surface area (Å²) in [6.45, 7) is 0. The van der Waals surface area contributed by atoms with Crippen molar-refractivity contribution in [2.45, 2.75) is 25.7 Å². The lowest BCUT2D eigenvalue weighted by molar-refractivity contribution is 0.658. The molecule has 2 N–H and O–H groups in total. The number of hydrogen-bond acceptors (Lipinski definition) is 3. The zero-order valence-corrected chi connectivity index (χ0v) is 7.47. The molecule has 0 radical (unpaired) electrons. The molecule has 1 aliphatic carbocycles. The van der Waals surface area contributed by atoms with E-state index in [0.717, 1.165) is 24.2 Å². The van der Waals surface area contributed by atoms with Crippen LogP contribution in [0.5, 0.6) is 0 Å². The van der Waals surface area contributed by atoms with Crippen molar-refractivity contribution in [1.29, 1.82) is 0 Å². The maximum Gasteiger partial charge on any atom is 0.193 e. The molecule has 4 nitrogen and oxygen atoms in total. The van der Waals surface area contributed by atoms with Crippen LogP contribution in [0.25, 0.3) is 0 Å². The highest BCUT2D eigenvalue weighted by Crippen LogP contribution is 2.17. The Morgan fingerprint density at radius 1 is 1.42 bits per heavy atom. The quantitative estimate of drug-likeness (QED) is 0.584. The standard InChI is InChI=1S/C7H10N4S/c8-7(12)11-6-4-2-1-3-5(6)9-10-11/h1-4H2,(H2,8,12). The van der Waals surface area contributed by atoms with Crippen LogP contribution in [0.15, 0.2) is 0 Å². The summed E-state index contributed by atoms with van der Waals surface area (Å²) < 4.78 is 1.57. The molecular weight excluding hydrogens is 172 g/mol. The van der Waals surface area contributed by atoms with Crippen molar-refractivity contribution in [3.8, 4) is 0 Å². The number of fused-ring (bicyclic) bond motifs is 1. The normalized spacial score (nSPS) is 15.7. The SMILES string of the molecule is NC(=S)n1nnc2c1CCCC2. The van der Waals surface area contributed by atoms with Gasteiger partial charge in [0.05, 0.1) is 11.4 Å². The predicted octanol–water partition coefficient (Wildman–Crippen LogP) is 0.249. The van der Waals surface area contributed by atoms with Crippen molar-refractivity contribution in [2.75, 3.05) is 0 Å². The largest absolute Gasteiger partial charge is 0.374 e. The van der Waals surface area contributed by atoms with Crippen LogP contribution in [-0.4, -0.2) is 20.1 Å². The summed E-state index contributed by atoms with van der Waals surface area (Å²) in [5.74, 6) is 0. The van der Waals surface area contributed by atoms with E-state index in [1.54, 1.807) is 4.68 Å². The van der Waals surface area contributed by atoms with Gasteiger partial charge in [0.2, 0.25) is 0 Å². The Hall–Kier alpha value is -0.970. The number of thiocarbonyl (C=S) groups is 1. The van der Waals surface area contributed by atoms with Crippen LogP contribution in [0.1, 0.15) is 24.2 Å². The molecule has 2 rings (SSSR count). The molecule has 1 aromatic rings. The van der Waals surface area contributed by atoms with Gasteiger partial charge in [-0.25, -0.2) is 0 Å². The molecule has 0 atom stereocenters. The highest BCUT2D eigenvalue weighted by atomic mass is 32.1. The van der Waals surface area contributed by atoms with Crippen LogP contribution in [-0.2, 0) is 12.8 Å². The van der Waals surface area contributed by atoms with E-state index in [2.05, 4.69) is 10.3 Å². The molecule has 5 heteroatoms. The third-order valence-electron chi connectivity index (χ3n) is 2.13. The van der Waals surface area contributed by atoms with Gasteiger partial charge in [0.1, 0.15) is 0 Å². The van der Waals surface area contributed by atoms with Crippen LogP contribution in [0.2, 0.25) is 0 Å². The Labute approximate surface area is 75.7 Å². The molecule has 0 spiro atoms. The molecule has 1 heterocycles. The highest BCUT2D eigenvalue weighted by Gasteiger charge is 2.17. The maximum atomic E-state index is 5.47. The van der Waals surface area contributed by atoms with Gasteiger partial charge in [0.25, 0.3) is 0 Å². The molecular formula is C7H10N4S. The van der Waals surface area contributed by atoms with Crippen LogP contribution < -0.4 is 5.73 Å². The molecule has 64 valence electrons. The van der Waals surface area contributed by atoms with Crippen molar-refractivity contribution < 1.29 is 0 Å². The molecule has 0 saturated carbocycles. The number of hydrogen-bond donors (Lipinski definition) is 1. The van der Waals surface area contributed by atoms with Crippen molar-refractivity contribution in [2.24, 2.45) is 5.73 Å².